The zero-order chi connectivity index (χ0) is 18.1. The third-order valence-electron chi connectivity index (χ3n) is 4.78. The summed E-state index contributed by atoms with van der Waals surface area (Å²) in [5.41, 5.74) is 1.12. The lowest BCUT2D eigenvalue weighted by Crippen LogP contribution is -2.47. The Kier molecular flexibility index (Phi) is 7.52. The smallest absolute Gasteiger partial charge is 0.314 e. The standard InChI is InChI=1S/C18H21FN4O2S.2ClH/c19-15-5-1-2-6-16(15)23-18-8-4-3-7-17(18)22(26(23,24)25)14-13-21-11-9-20-10-12-21;;/h1-8,20H,9-14H2;2*1H. The molecule has 0 amide bonds. The number of anilines is 3. The maximum Gasteiger partial charge on any atom is 0.331 e. The molecule has 2 heterocycles. The highest BCUT2D eigenvalue weighted by Gasteiger charge is 2.42. The largest absolute Gasteiger partial charge is 0.331 e. The normalized spacial score (nSPS) is 18.2. The zero-order valence-corrected chi connectivity index (χ0v) is 17.6. The molecule has 0 bridgehead atoms. The molecule has 6 nitrogen and oxygen atoms in total. The highest BCUT2D eigenvalue weighted by atomic mass is 35.5. The fraction of sp³-hybridized carbons (Fsp3) is 0.333. The first-order valence-corrected chi connectivity index (χ1v) is 10.1. The third-order valence-corrected chi connectivity index (χ3v) is 6.57. The van der Waals surface area contributed by atoms with E-state index >= 15 is 0 Å². The van der Waals surface area contributed by atoms with Gasteiger partial charge in [0.25, 0.3) is 0 Å². The van der Waals surface area contributed by atoms with Crippen LogP contribution in [-0.4, -0.2) is 52.6 Å². The number of nitrogens with one attached hydrogen (secondary N) is 1. The Bertz CT molecular complexity index is 910. The number of hydrogen-bond acceptors (Lipinski definition) is 4. The van der Waals surface area contributed by atoms with E-state index in [1.54, 1.807) is 36.4 Å². The van der Waals surface area contributed by atoms with Gasteiger partial charge in [0.05, 0.1) is 17.1 Å². The molecule has 2 aliphatic heterocycles. The van der Waals surface area contributed by atoms with Crippen molar-refractivity contribution in [1.82, 2.24) is 10.2 Å². The highest BCUT2D eigenvalue weighted by Crippen LogP contribution is 2.45. The lowest BCUT2D eigenvalue weighted by atomic mass is 10.2. The zero-order valence-electron chi connectivity index (χ0n) is 15.1. The Hall–Kier alpha value is -1.58. The molecule has 2 aromatic rings. The van der Waals surface area contributed by atoms with Crippen molar-refractivity contribution in [1.29, 1.82) is 0 Å². The second-order valence-electron chi connectivity index (χ2n) is 6.38. The van der Waals surface area contributed by atoms with Crippen molar-refractivity contribution in [2.24, 2.45) is 0 Å². The van der Waals surface area contributed by atoms with E-state index in [0.717, 1.165) is 30.5 Å². The summed E-state index contributed by atoms with van der Waals surface area (Å²) >= 11 is 0. The first-order valence-electron chi connectivity index (χ1n) is 8.69. The van der Waals surface area contributed by atoms with Crippen LogP contribution < -0.4 is 13.9 Å². The van der Waals surface area contributed by atoms with Gasteiger partial charge in [0.2, 0.25) is 0 Å². The van der Waals surface area contributed by atoms with Crippen LogP contribution in [0.1, 0.15) is 0 Å². The first-order chi connectivity index (χ1) is 12.6. The van der Waals surface area contributed by atoms with E-state index in [9.17, 15) is 12.8 Å². The molecule has 0 aromatic heterocycles. The summed E-state index contributed by atoms with van der Waals surface area (Å²) in [4.78, 5) is 2.24. The number of halogens is 3. The van der Waals surface area contributed by atoms with Gasteiger partial charge in [0.15, 0.2) is 0 Å². The van der Waals surface area contributed by atoms with E-state index in [-0.39, 0.29) is 30.5 Å². The summed E-state index contributed by atoms with van der Waals surface area (Å²) in [5, 5.41) is 3.29. The molecule has 1 fully saturated rings. The molecule has 0 radical (unpaired) electrons. The van der Waals surface area contributed by atoms with Crippen LogP contribution in [0.2, 0.25) is 0 Å². The third kappa shape index (κ3) is 4.06. The SMILES string of the molecule is Cl.Cl.O=S1(=O)N(CCN2CCNCC2)c2ccccc2N1c1ccccc1F. The van der Waals surface area contributed by atoms with E-state index in [2.05, 4.69) is 10.2 Å². The van der Waals surface area contributed by atoms with E-state index in [0.29, 0.717) is 24.5 Å². The molecule has 0 unspecified atom stereocenters. The minimum atomic E-state index is -3.88. The summed E-state index contributed by atoms with van der Waals surface area (Å²) in [7, 11) is -3.88. The first kappa shape index (κ1) is 22.7. The van der Waals surface area contributed by atoms with Crippen molar-refractivity contribution in [3.8, 4) is 0 Å². The minimum Gasteiger partial charge on any atom is -0.314 e. The molecule has 0 atom stereocenters. The number of nitrogens with zero attached hydrogens (tertiary/aromatic N) is 3. The fourth-order valence-corrected chi connectivity index (χ4v) is 5.18. The number of piperazine rings is 1. The molecule has 28 heavy (non-hydrogen) atoms. The summed E-state index contributed by atoms with van der Waals surface area (Å²) in [6.07, 6.45) is 0. The predicted molar refractivity (Wildman–Crippen MR) is 115 cm³/mol. The van der Waals surface area contributed by atoms with Crippen molar-refractivity contribution in [2.45, 2.75) is 0 Å². The van der Waals surface area contributed by atoms with Gasteiger partial charge in [0, 0.05) is 39.3 Å². The average molecular weight is 449 g/mol. The molecule has 0 aliphatic carbocycles. The molecule has 4 rings (SSSR count). The van der Waals surface area contributed by atoms with Gasteiger partial charge < -0.3 is 5.32 Å². The Morgan fingerprint density at radius 1 is 0.857 bits per heavy atom. The van der Waals surface area contributed by atoms with Gasteiger partial charge in [-0.3, -0.25) is 4.90 Å². The van der Waals surface area contributed by atoms with E-state index in [1.807, 2.05) is 0 Å². The molecule has 2 aromatic carbocycles. The van der Waals surface area contributed by atoms with Gasteiger partial charge in [-0.2, -0.15) is 8.42 Å². The van der Waals surface area contributed by atoms with E-state index < -0.39 is 16.0 Å². The molecule has 0 saturated carbocycles. The number of benzene rings is 2. The Morgan fingerprint density at radius 3 is 2.07 bits per heavy atom. The monoisotopic (exact) mass is 448 g/mol. The molecule has 10 heteroatoms. The summed E-state index contributed by atoms with van der Waals surface area (Å²) in [6.45, 7) is 4.58. The maximum absolute atomic E-state index is 14.3. The van der Waals surface area contributed by atoms with Crippen molar-refractivity contribution in [3.63, 3.8) is 0 Å². The minimum absolute atomic E-state index is 0. The van der Waals surface area contributed by atoms with Gasteiger partial charge in [-0.1, -0.05) is 24.3 Å². The predicted octanol–water partition coefficient (Wildman–Crippen LogP) is 2.78. The van der Waals surface area contributed by atoms with Crippen molar-refractivity contribution in [3.05, 3.63) is 54.3 Å². The molecular formula is C18H23Cl2FN4O2S. The summed E-state index contributed by atoms with van der Waals surface area (Å²) in [6, 6.07) is 13.0. The van der Waals surface area contributed by atoms with Gasteiger partial charge in [0.1, 0.15) is 5.82 Å². The maximum atomic E-state index is 14.3. The van der Waals surface area contributed by atoms with Crippen LogP contribution in [-0.2, 0) is 10.2 Å². The Morgan fingerprint density at radius 2 is 1.43 bits per heavy atom. The second kappa shape index (κ2) is 9.28. The van der Waals surface area contributed by atoms with Gasteiger partial charge in [-0.25, -0.2) is 13.0 Å². The van der Waals surface area contributed by atoms with Gasteiger partial charge >= 0.3 is 10.2 Å². The van der Waals surface area contributed by atoms with Crippen molar-refractivity contribution < 1.29 is 12.8 Å². The van der Waals surface area contributed by atoms with Crippen LogP contribution in [0, 0.1) is 5.82 Å². The lowest BCUT2D eigenvalue weighted by molar-refractivity contribution is 0.248. The number of rotatable bonds is 4. The molecule has 2 aliphatic rings. The average Bonchev–Trinajstić information content (AvgIpc) is 2.87. The van der Waals surface area contributed by atoms with Crippen LogP contribution in [0.25, 0.3) is 0 Å². The summed E-state index contributed by atoms with van der Waals surface area (Å²) in [5.74, 6) is -0.560. The van der Waals surface area contributed by atoms with Crippen LogP contribution in [0.15, 0.2) is 48.5 Å². The molecular weight excluding hydrogens is 426 g/mol. The van der Waals surface area contributed by atoms with Crippen LogP contribution in [0.5, 0.6) is 0 Å². The summed E-state index contributed by atoms with van der Waals surface area (Å²) < 4.78 is 43.3. The van der Waals surface area contributed by atoms with Crippen LogP contribution in [0.4, 0.5) is 21.5 Å². The Labute approximate surface area is 177 Å². The molecule has 0 spiro atoms. The van der Waals surface area contributed by atoms with Crippen LogP contribution in [0.3, 0.4) is 0 Å². The lowest BCUT2D eigenvalue weighted by Gasteiger charge is -2.29. The van der Waals surface area contributed by atoms with Gasteiger partial charge in [-0.05, 0) is 24.3 Å². The topological polar surface area (TPSA) is 55.9 Å². The van der Waals surface area contributed by atoms with Crippen molar-refractivity contribution in [2.75, 3.05) is 47.9 Å². The number of para-hydroxylation sites is 3. The van der Waals surface area contributed by atoms with Crippen LogP contribution >= 0.6 is 24.8 Å². The van der Waals surface area contributed by atoms with Crippen molar-refractivity contribution >= 4 is 52.1 Å². The van der Waals surface area contributed by atoms with Gasteiger partial charge in [-0.15, -0.1) is 24.8 Å². The Balaban J connectivity index is 0.00000140. The van der Waals surface area contributed by atoms with E-state index in [1.165, 1.54) is 16.4 Å². The molecule has 1 N–H and O–H groups in total. The second-order valence-corrected chi connectivity index (χ2v) is 8.08. The number of fused-ring (bicyclic) bond motifs is 1. The highest BCUT2D eigenvalue weighted by molar-refractivity contribution is 7.95. The number of hydrogen-bond donors (Lipinski definition) is 1. The molecule has 154 valence electrons. The quantitative estimate of drug-likeness (QED) is 0.780. The molecule has 1 saturated heterocycles. The fourth-order valence-electron chi connectivity index (χ4n) is 3.47. The van der Waals surface area contributed by atoms with E-state index in [4.69, 9.17) is 0 Å².